The van der Waals surface area contributed by atoms with Crippen LogP contribution in [0.3, 0.4) is 0 Å². The van der Waals surface area contributed by atoms with Crippen LogP contribution in [0, 0.1) is 0 Å². The first-order valence-electron chi connectivity index (χ1n) is 9.78. The van der Waals surface area contributed by atoms with Gasteiger partial charge in [-0.2, -0.15) is 0 Å². The summed E-state index contributed by atoms with van der Waals surface area (Å²) in [7, 11) is -0.786. The van der Waals surface area contributed by atoms with Crippen LogP contribution in [0.25, 0.3) is 16.9 Å². The van der Waals surface area contributed by atoms with Crippen molar-refractivity contribution < 1.29 is 27.7 Å². The number of hydrogen-bond donors (Lipinski definition) is 0. The van der Waals surface area contributed by atoms with Gasteiger partial charge < -0.3 is 19.3 Å². The number of methoxy groups -OCH3 is 2. The molecule has 3 aromatic carbocycles. The molecule has 0 saturated heterocycles. The highest BCUT2D eigenvalue weighted by Crippen LogP contribution is 2.32. The maximum Gasteiger partial charge on any atom is 0.207 e. The van der Waals surface area contributed by atoms with E-state index in [-0.39, 0.29) is 9.79 Å². The topological polar surface area (TPSA) is 116 Å². The van der Waals surface area contributed by atoms with Gasteiger partial charge in [-0.3, -0.25) is 0 Å². The lowest BCUT2D eigenvalue weighted by atomic mass is 10.2. The number of rotatable bonds is 8. The van der Waals surface area contributed by atoms with Crippen molar-refractivity contribution in [3.63, 3.8) is 0 Å². The van der Waals surface area contributed by atoms with Crippen molar-refractivity contribution in [3.8, 4) is 34.2 Å². The second-order valence-corrected chi connectivity index (χ2v) is 8.74. The lowest BCUT2D eigenvalue weighted by Gasteiger charge is -2.11. The number of ether oxygens (including phenoxy) is 3. The third-order valence-electron chi connectivity index (χ3n) is 4.94. The van der Waals surface area contributed by atoms with Crippen LogP contribution in [0.15, 0.2) is 82.7 Å². The molecule has 0 N–H and O–H groups in total. The molecule has 0 aliphatic rings. The molecule has 0 saturated carbocycles. The Kier molecular flexibility index (Phi) is 6.29. The summed E-state index contributed by atoms with van der Waals surface area (Å²) in [5.74, 6) is 1.44. The van der Waals surface area contributed by atoms with E-state index >= 15 is 0 Å². The molecule has 0 aliphatic heterocycles. The van der Waals surface area contributed by atoms with Gasteiger partial charge in [0.05, 0.1) is 30.2 Å². The summed E-state index contributed by atoms with van der Waals surface area (Å²) in [6, 6.07) is 17.5. The largest absolute Gasteiger partial charge is 0.824 e. The summed E-state index contributed by atoms with van der Waals surface area (Å²) in [6.07, 6.45) is 1.63. The summed E-state index contributed by atoms with van der Waals surface area (Å²) < 4.78 is 43.7. The molecule has 0 aliphatic carbocycles. The van der Waals surface area contributed by atoms with E-state index in [1.165, 1.54) is 42.1 Å². The molecule has 0 unspecified atom stereocenters. The molecule has 0 fully saturated rings. The van der Waals surface area contributed by atoms with Gasteiger partial charge in [0.1, 0.15) is 28.6 Å². The Balaban J connectivity index is 1.74. The molecule has 0 bridgehead atoms. The predicted octanol–water partition coefficient (Wildman–Crippen LogP) is 2.48. The zero-order valence-electron chi connectivity index (χ0n) is 17.8. The van der Waals surface area contributed by atoms with Crippen LogP contribution in [0.1, 0.15) is 0 Å². The summed E-state index contributed by atoms with van der Waals surface area (Å²) in [4.78, 5) is 0.147. The minimum atomic E-state index is -3.88. The molecule has 33 heavy (non-hydrogen) atoms. The predicted molar refractivity (Wildman–Crippen MR) is 117 cm³/mol. The lowest BCUT2D eigenvalue weighted by molar-refractivity contribution is -0.413. The number of aromatic nitrogens is 3. The number of nitrogens with zero attached hydrogens (tertiary/aromatic N) is 3. The normalized spacial score (nSPS) is 11.2. The standard InChI is InChI=1S/C23H20N3O6S/c1-30-17-9-12-21(22(13-17)31-2)26-14-20(24-25-26)19-5-3-4-6-23(19)33(28,29)18-10-7-16(8-11-18)32-15-27/h3-14H,15H2,1-2H3/q-1. The van der Waals surface area contributed by atoms with Crippen LogP contribution in [0.2, 0.25) is 0 Å². The molecule has 9 nitrogen and oxygen atoms in total. The minimum Gasteiger partial charge on any atom is -0.824 e. The fraction of sp³-hybridized carbons (Fsp3) is 0.130. The summed E-state index contributed by atoms with van der Waals surface area (Å²) in [5, 5.41) is 19.0. The fourth-order valence-corrected chi connectivity index (χ4v) is 4.77. The Hall–Kier alpha value is -3.89. The smallest absolute Gasteiger partial charge is 0.207 e. The highest BCUT2D eigenvalue weighted by atomic mass is 32.2. The summed E-state index contributed by atoms with van der Waals surface area (Å²) in [5.41, 5.74) is 1.39. The molecule has 0 amide bonds. The van der Waals surface area contributed by atoms with Gasteiger partial charge in [-0.1, -0.05) is 23.4 Å². The quantitative estimate of drug-likeness (QED) is 0.364. The van der Waals surface area contributed by atoms with Gasteiger partial charge in [0.25, 0.3) is 0 Å². The Bertz CT molecular complexity index is 1370. The van der Waals surface area contributed by atoms with E-state index in [1.54, 1.807) is 49.7 Å². The molecule has 0 atom stereocenters. The average molecular weight is 466 g/mol. The third kappa shape index (κ3) is 4.38. The summed E-state index contributed by atoms with van der Waals surface area (Å²) >= 11 is 0. The van der Waals surface area contributed by atoms with Crippen molar-refractivity contribution in [2.45, 2.75) is 9.79 Å². The second-order valence-electron chi connectivity index (χ2n) is 6.82. The van der Waals surface area contributed by atoms with Crippen molar-refractivity contribution in [3.05, 3.63) is 72.9 Å². The van der Waals surface area contributed by atoms with Crippen molar-refractivity contribution in [2.75, 3.05) is 21.0 Å². The first-order valence-corrected chi connectivity index (χ1v) is 11.3. The molecule has 1 aromatic heterocycles. The Morgan fingerprint density at radius 2 is 1.67 bits per heavy atom. The highest BCUT2D eigenvalue weighted by Gasteiger charge is 2.23. The molecular formula is C23H20N3O6S-. The monoisotopic (exact) mass is 466 g/mol. The SMILES string of the molecule is COc1ccc(-n2cc(-c3ccccc3S(=O)(=O)c3ccc(OC[O-])cc3)nn2)c(OC)c1. The van der Waals surface area contributed by atoms with Gasteiger partial charge in [0.2, 0.25) is 9.84 Å². The van der Waals surface area contributed by atoms with Gasteiger partial charge in [-0.15, -0.1) is 5.10 Å². The van der Waals surface area contributed by atoms with E-state index in [0.29, 0.717) is 34.2 Å². The highest BCUT2D eigenvalue weighted by molar-refractivity contribution is 7.91. The molecule has 4 aromatic rings. The maximum atomic E-state index is 13.4. The molecule has 4 rings (SSSR count). The summed E-state index contributed by atoms with van der Waals surface area (Å²) in [6.45, 7) is -0.746. The van der Waals surface area contributed by atoms with Crippen molar-refractivity contribution in [2.24, 2.45) is 0 Å². The van der Waals surface area contributed by atoms with E-state index in [2.05, 4.69) is 10.3 Å². The van der Waals surface area contributed by atoms with Crippen LogP contribution in [-0.2, 0) is 9.84 Å². The van der Waals surface area contributed by atoms with Gasteiger partial charge in [0, 0.05) is 18.4 Å². The van der Waals surface area contributed by atoms with Crippen molar-refractivity contribution in [1.29, 1.82) is 0 Å². The van der Waals surface area contributed by atoms with Gasteiger partial charge in [0.15, 0.2) is 0 Å². The van der Waals surface area contributed by atoms with E-state index in [0.717, 1.165) is 0 Å². The van der Waals surface area contributed by atoms with E-state index in [9.17, 15) is 13.5 Å². The number of hydrogen-bond acceptors (Lipinski definition) is 8. The molecule has 0 spiro atoms. The Morgan fingerprint density at radius 1 is 0.939 bits per heavy atom. The van der Waals surface area contributed by atoms with Crippen molar-refractivity contribution in [1.82, 2.24) is 15.0 Å². The number of benzene rings is 3. The van der Waals surface area contributed by atoms with Crippen molar-refractivity contribution >= 4 is 9.84 Å². The Labute approximate surface area is 190 Å². The molecular weight excluding hydrogens is 446 g/mol. The molecule has 10 heteroatoms. The third-order valence-corrected chi connectivity index (χ3v) is 6.77. The van der Waals surface area contributed by atoms with Crippen LogP contribution in [0.4, 0.5) is 0 Å². The zero-order valence-corrected chi connectivity index (χ0v) is 18.7. The van der Waals surface area contributed by atoms with Gasteiger partial charge >= 0.3 is 0 Å². The molecule has 170 valence electrons. The molecule has 0 radical (unpaired) electrons. The molecule has 1 heterocycles. The van der Waals surface area contributed by atoms with Gasteiger partial charge in [-0.05, 0) is 42.5 Å². The first-order chi connectivity index (χ1) is 16.0. The van der Waals surface area contributed by atoms with Crippen LogP contribution in [0.5, 0.6) is 17.2 Å². The van der Waals surface area contributed by atoms with Crippen LogP contribution in [-0.4, -0.2) is 44.4 Å². The van der Waals surface area contributed by atoms with E-state index in [1.807, 2.05) is 0 Å². The average Bonchev–Trinajstić information content (AvgIpc) is 3.34. The minimum absolute atomic E-state index is 0.0671. The van der Waals surface area contributed by atoms with E-state index in [4.69, 9.17) is 14.2 Å². The fourth-order valence-electron chi connectivity index (χ4n) is 3.30. The maximum absolute atomic E-state index is 13.4. The van der Waals surface area contributed by atoms with Crippen LogP contribution < -0.4 is 19.3 Å². The zero-order chi connectivity index (χ0) is 23.4. The van der Waals surface area contributed by atoms with Crippen LogP contribution >= 0.6 is 0 Å². The first kappa shape index (κ1) is 22.3. The Morgan fingerprint density at radius 3 is 2.36 bits per heavy atom. The lowest BCUT2D eigenvalue weighted by Crippen LogP contribution is -2.12. The number of sulfone groups is 1. The second kappa shape index (κ2) is 9.31. The van der Waals surface area contributed by atoms with Gasteiger partial charge in [-0.25, -0.2) is 13.1 Å². The van der Waals surface area contributed by atoms with E-state index < -0.39 is 16.6 Å².